The molecule has 14 nitrogen and oxygen atoms in total. The van der Waals surface area contributed by atoms with E-state index in [9.17, 15) is 33.9 Å². The van der Waals surface area contributed by atoms with E-state index in [0.29, 0.717) is 17.7 Å². The number of hydrogen-bond donors (Lipinski definition) is 8. The van der Waals surface area contributed by atoms with Gasteiger partial charge in [0.2, 0.25) is 29.5 Å². The summed E-state index contributed by atoms with van der Waals surface area (Å²) in [4.78, 5) is 76.8. The number of nitrogens with two attached hydrogens (primary N) is 3. The van der Waals surface area contributed by atoms with E-state index in [2.05, 4.69) is 20.9 Å². The van der Waals surface area contributed by atoms with E-state index in [0.717, 1.165) is 10.9 Å². The molecule has 2 rings (SSSR count). The summed E-state index contributed by atoms with van der Waals surface area (Å²) in [6, 6.07) is 2.32. The van der Waals surface area contributed by atoms with Crippen molar-refractivity contribution >= 4 is 58.2 Å². The van der Waals surface area contributed by atoms with Gasteiger partial charge in [0.05, 0.1) is 6.04 Å². The van der Waals surface area contributed by atoms with Crippen molar-refractivity contribution < 1.29 is 33.9 Å². The van der Waals surface area contributed by atoms with E-state index in [1.165, 1.54) is 11.8 Å². The molecule has 1 heterocycles. The fraction of sp³-hybridized carbons (Fsp3) is 0.462. The Kier molecular flexibility index (Phi) is 13.1. The van der Waals surface area contributed by atoms with Gasteiger partial charge >= 0.3 is 5.97 Å². The number of aliphatic carboxylic acids is 1. The molecule has 11 N–H and O–H groups in total. The number of primary amides is 2. The first-order chi connectivity index (χ1) is 19.4. The molecule has 0 aliphatic carbocycles. The number of carbonyl (C=O) groups excluding carboxylic acids is 5. The van der Waals surface area contributed by atoms with Crippen molar-refractivity contribution in [2.45, 2.75) is 62.7 Å². The van der Waals surface area contributed by atoms with Gasteiger partial charge in [0.1, 0.15) is 18.1 Å². The summed E-state index contributed by atoms with van der Waals surface area (Å²) in [5.41, 5.74) is 17.8. The Hall–Kier alpha value is -4.11. The number of nitrogens with one attached hydrogen (secondary N) is 4. The third kappa shape index (κ3) is 10.8. The van der Waals surface area contributed by atoms with Gasteiger partial charge in [-0.1, -0.05) is 18.2 Å². The molecule has 2 aromatic rings. The molecule has 0 saturated heterocycles. The van der Waals surface area contributed by atoms with Crippen molar-refractivity contribution in [3.63, 3.8) is 0 Å². The van der Waals surface area contributed by atoms with Gasteiger partial charge in [0, 0.05) is 36.4 Å². The fourth-order valence-electron chi connectivity index (χ4n) is 4.03. The maximum Gasteiger partial charge on any atom is 0.326 e. The van der Waals surface area contributed by atoms with Gasteiger partial charge < -0.3 is 43.2 Å². The molecule has 5 amide bonds. The van der Waals surface area contributed by atoms with Crippen LogP contribution in [-0.2, 0) is 35.2 Å². The monoisotopic (exact) mass is 591 g/mol. The molecule has 0 fully saturated rings. The number of rotatable bonds is 18. The zero-order valence-corrected chi connectivity index (χ0v) is 23.5. The van der Waals surface area contributed by atoms with Crippen molar-refractivity contribution in [2.75, 3.05) is 12.0 Å². The summed E-state index contributed by atoms with van der Waals surface area (Å²) in [6.07, 6.45) is 2.81. The first-order valence-corrected chi connectivity index (χ1v) is 14.3. The zero-order valence-electron chi connectivity index (χ0n) is 22.7. The summed E-state index contributed by atoms with van der Waals surface area (Å²) >= 11 is 1.49. The number of carboxylic acids is 1. The summed E-state index contributed by atoms with van der Waals surface area (Å²) in [5.74, 6) is -4.52. The number of fused-ring (bicyclic) bond motifs is 1. The molecular formula is C26H37N7O7S. The number of aromatic amines is 1. The Morgan fingerprint density at radius 2 is 1.39 bits per heavy atom. The lowest BCUT2D eigenvalue weighted by Crippen LogP contribution is -2.57. The highest BCUT2D eigenvalue weighted by Gasteiger charge is 2.31. The lowest BCUT2D eigenvalue weighted by Gasteiger charge is -2.25. The lowest BCUT2D eigenvalue weighted by molar-refractivity contribution is -0.142. The molecule has 224 valence electrons. The van der Waals surface area contributed by atoms with Crippen LogP contribution in [0.15, 0.2) is 30.5 Å². The number of H-pyrrole nitrogens is 1. The minimum absolute atomic E-state index is 0.0627. The van der Waals surface area contributed by atoms with E-state index in [-0.39, 0.29) is 32.1 Å². The number of benzene rings is 1. The topological polar surface area (TPSA) is 253 Å². The number of hydrogen-bond acceptors (Lipinski definition) is 8. The van der Waals surface area contributed by atoms with E-state index in [1.807, 2.05) is 24.5 Å². The number of carboxylic acid groups (broad SMARTS) is 1. The van der Waals surface area contributed by atoms with Gasteiger partial charge in [-0.3, -0.25) is 24.0 Å². The first kappa shape index (κ1) is 33.1. The average molecular weight is 592 g/mol. The lowest BCUT2D eigenvalue weighted by atomic mass is 10.0. The molecule has 0 radical (unpaired) electrons. The number of para-hydroxylation sites is 1. The van der Waals surface area contributed by atoms with Crippen LogP contribution < -0.4 is 33.2 Å². The predicted molar refractivity (Wildman–Crippen MR) is 153 cm³/mol. The van der Waals surface area contributed by atoms with E-state index < -0.39 is 59.7 Å². The minimum Gasteiger partial charge on any atom is -0.480 e. The Bertz CT molecular complexity index is 1250. The molecule has 41 heavy (non-hydrogen) atoms. The molecular weight excluding hydrogens is 554 g/mol. The van der Waals surface area contributed by atoms with Crippen LogP contribution in [0.4, 0.5) is 0 Å². The second-order valence-electron chi connectivity index (χ2n) is 9.48. The first-order valence-electron chi connectivity index (χ1n) is 12.9. The fourth-order valence-corrected chi connectivity index (χ4v) is 4.52. The van der Waals surface area contributed by atoms with Crippen molar-refractivity contribution in [1.29, 1.82) is 0 Å². The third-order valence-electron chi connectivity index (χ3n) is 6.31. The standard InChI is InChI=1S/C26H37N7O7S/c1-41-11-10-16(27)23(36)31-18(6-8-21(28)34)24(37)32-19(7-9-22(29)35)25(38)33-20(26(39)40)12-14-13-30-17-5-3-2-4-15(14)17/h2-5,13,16,18-20,30H,6-12,27H2,1H3,(H2,28,34)(H2,29,35)(H,31,36)(H,32,37)(H,33,38)(H,39,40). The van der Waals surface area contributed by atoms with Crippen LogP contribution >= 0.6 is 11.8 Å². The second kappa shape index (κ2) is 16.2. The summed E-state index contributed by atoms with van der Waals surface area (Å²) in [7, 11) is 0. The summed E-state index contributed by atoms with van der Waals surface area (Å²) in [6.45, 7) is 0. The molecule has 15 heteroatoms. The van der Waals surface area contributed by atoms with Gasteiger partial charge in [-0.05, 0) is 42.9 Å². The minimum atomic E-state index is -1.38. The van der Waals surface area contributed by atoms with Crippen LogP contribution in [0, 0.1) is 0 Å². The third-order valence-corrected chi connectivity index (χ3v) is 6.95. The molecule has 0 saturated carbocycles. The van der Waals surface area contributed by atoms with Crippen LogP contribution in [-0.4, -0.2) is 81.8 Å². The molecule has 1 aromatic carbocycles. The largest absolute Gasteiger partial charge is 0.480 e. The number of aromatic nitrogens is 1. The highest BCUT2D eigenvalue weighted by Crippen LogP contribution is 2.19. The Balaban J connectivity index is 2.20. The van der Waals surface area contributed by atoms with Crippen LogP contribution in [0.5, 0.6) is 0 Å². The van der Waals surface area contributed by atoms with Gasteiger partial charge in [-0.2, -0.15) is 11.8 Å². The zero-order chi connectivity index (χ0) is 30.5. The van der Waals surface area contributed by atoms with E-state index in [4.69, 9.17) is 17.2 Å². The van der Waals surface area contributed by atoms with Crippen molar-refractivity contribution in [3.05, 3.63) is 36.0 Å². The van der Waals surface area contributed by atoms with Gasteiger partial charge in [-0.15, -0.1) is 0 Å². The predicted octanol–water partition coefficient (Wildman–Crippen LogP) is -1.14. The maximum absolute atomic E-state index is 13.2. The van der Waals surface area contributed by atoms with Crippen LogP contribution in [0.25, 0.3) is 10.9 Å². The van der Waals surface area contributed by atoms with Crippen molar-refractivity contribution in [3.8, 4) is 0 Å². The van der Waals surface area contributed by atoms with Gasteiger partial charge in [-0.25, -0.2) is 4.79 Å². The molecule has 4 atom stereocenters. The van der Waals surface area contributed by atoms with E-state index in [1.54, 1.807) is 12.3 Å². The molecule has 0 aliphatic heterocycles. The normalized spacial score (nSPS) is 13.9. The Morgan fingerprint density at radius 3 is 1.93 bits per heavy atom. The Morgan fingerprint density at radius 1 is 0.854 bits per heavy atom. The molecule has 0 spiro atoms. The van der Waals surface area contributed by atoms with Crippen molar-refractivity contribution in [1.82, 2.24) is 20.9 Å². The SMILES string of the molecule is CSCCC(N)C(=O)NC(CCC(N)=O)C(=O)NC(CCC(N)=O)C(=O)NC(Cc1c[nH]c2ccccc12)C(=O)O. The number of carbonyl (C=O) groups is 6. The number of thioether (sulfide) groups is 1. The smallest absolute Gasteiger partial charge is 0.326 e. The quantitative estimate of drug-likeness (QED) is 0.104. The molecule has 1 aromatic heterocycles. The van der Waals surface area contributed by atoms with Crippen LogP contribution in [0.1, 0.15) is 37.7 Å². The van der Waals surface area contributed by atoms with Crippen LogP contribution in [0.2, 0.25) is 0 Å². The summed E-state index contributed by atoms with van der Waals surface area (Å²) in [5, 5.41) is 17.9. The van der Waals surface area contributed by atoms with Gasteiger partial charge in [0.15, 0.2) is 0 Å². The molecule has 0 aliphatic rings. The molecule has 0 bridgehead atoms. The van der Waals surface area contributed by atoms with Crippen molar-refractivity contribution in [2.24, 2.45) is 17.2 Å². The van der Waals surface area contributed by atoms with E-state index >= 15 is 0 Å². The molecule has 4 unspecified atom stereocenters. The average Bonchev–Trinajstić information content (AvgIpc) is 3.33. The highest BCUT2D eigenvalue weighted by atomic mass is 32.2. The van der Waals surface area contributed by atoms with Gasteiger partial charge in [0.25, 0.3) is 0 Å². The number of amides is 5. The van der Waals surface area contributed by atoms with Crippen LogP contribution in [0.3, 0.4) is 0 Å². The second-order valence-corrected chi connectivity index (χ2v) is 10.5. The maximum atomic E-state index is 13.2. The Labute approximate surface area is 240 Å². The summed E-state index contributed by atoms with van der Waals surface area (Å²) < 4.78 is 0. The highest BCUT2D eigenvalue weighted by molar-refractivity contribution is 7.98.